The average molecular weight is 573 g/mol. The number of phenolic OH excluding ortho intramolecular Hbond substituents is 1. The second-order valence-corrected chi connectivity index (χ2v) is 11.7. The van der Waals surface area contributed by atoms with Crippen molar-refractivity contribution in [2.45, 2.75) is 49.6 Å². The van der Waals surface area contributed by atoms with Crippen molar-refractivity contribution in [2.75, 3.05) is 26.0 Å². The Balaban J connectivity index is 1.53. The Labute approximate surface area is 232 Å². The number of benzene rings is 1. The van der Waals surface area contributed by atoms with Crippen molar-refractivity contribution in [2.24, 2.45) is 17.6 Å². The van der Waals surface area contributed by atoms with Crippen LogP contribution in [-0.2, 0) is 32.1 Å². The molecule has 218 valence electrons. The van der Waals surface area contributed by atoms with E-state index in [1.165, 1.54) is 19.0 Å². The number of anilines is 1. The van der Waals surface area contributed by atoms with Crippen LogP contribution in [0.1, 0.15) is 29.5 Å². The third-order valence-corrected chi connectivity index (χ3v) is 9.21. The number of ketones is 2. The van der Waals surface area contributed by atoms with Crippen LogP contribution in [-0.4, -0.2) is 103 Å². The van der Waals surface area contributed by atoms with Crippen molar-refractivity contribution in [1.29, 1.82) is 0 Å². The van der Waals surface area contributed by atoms with Crippen molar-refractivity contribution in [3.63, 3.8) is 0 Å². The zero-order valence-electron chi connectivity index (χ0n) is 22.1. The molecule has 6 atom stereocenters. The van der Waals surface area contributed by atoms with Crippen LogP contribution in [0.4, 0.5) is 10.1 Å². The second-order valence-electron chi connectivity index (χ2n) is 11.7. The number of amides is 2. The number of hydrogen-bond acceptors (Lipinski definition) is 11. The maximum Gasteiger partial charge on any atom is 0.255 e. The first-order valence-corrected chi connectivity index (χ1v) is 13.1. The number of aliphatic hydroxyl groups excluding tert-OH is 3. The molecule has 6 rings (SSSR count). The van der Waals surface area contributed by atoms with E-state index in [2.05, 4.69) is 5.32 Å². The van der Waals surface area contributed by atoms with Gasteiger partial charge in [-0.15, -0.1) is 0 Å². The van der Waals surface area contributed by atoms with Crippen LogP contribution in [0.3, 0.4) is 0 Å². The van der Waals surface area contributed by atoms with Gasteiger partial charge in [-0.25, -0.2) is 4.39 Å². The van der Waals surface area contributed by atoms with Crippen LogP contribution in [0.5, 0.6) is 5.75 Å². The zero-order chi connectivity index (χ0) is 29.9. The second kappa shape index (κ2) is 8.82. The molecular weight excluding hydrogens is 543 g/mol. The number of nitrogens with zero attached hydrogens (tertiary/aromatic N) is 2. The van der Waals surface area contributed by atoms with Gasteiger partial charge in [0.2, 0.25) is 11.7 Å². The Kier molecular flexibility index (Phi) is 5.88. The number of aromatic hydroxyl groups is 1. The van der Waals surface area contributed by atoms with E-state index in [0.29, 0.717) is 0 Å². The SMILES string of the molecule is CN(C)[C@@H]1C(=O)C(C(N)=O)=C(O)[C@@]2(O)C(=O)C3=C(O)c4c(O)c5c(c(F)c4C[C@H]3C[C@@H]12)CN1C[C@H](O)C[C@H]1C(=O)N5. The van der Waals surface area contributed by atoms with Gasteiger partial charge >= 0.3 is 0 Å². The molecular formula is C27H29FN4O9. The predicted molar refractivity (Wildman–Crippen MR) is 138 cm³/mol. The van der Waals surface area contributed by atoms with Crippen molar-refractivity contribution in [1.82, 2.24) is 9.80 Å². The van der Waals surface area contributed by atoms with E-state index < -0.39 is 98.8 Å². The number of primary amides is 1. The number of nitrogens with two attached hydrogens (primary N) is 1. The van der Waals surface area contributed by atoms with E-state index in [1.807, 2.05) is 0 Å². The van der Waals surface area contributed by atoms with E-state index in [4.69, 9.17) is 5.73 Å². The highest BCUT2D eigenvalue weighted by Crippen LogP contribution is 2.54. The fourth-order valence-electron chi connectivity index (χ4n) is 7.41. The Morgan fingerprint density at radius 2 is 1.83 bits per heavy atom. The van der Waals surface area contributed by atoms with Crippen LogP contribution >= 0.6 is 0 Å². The number of likely N-dealkylation sites (N-methyl/N-ethyl adjacent to an activating group) is 1. The summed E-state index contributed by atoms with van der Waals surface area (Å²) in [4.78, 5) is 55.0. The van der Waals surface area contributed by atoms with Gasteiger partial charge in [0.1, 0.15) is 22.9 Å². The highest BCUT2D eigenvalue weighted by molar-refractivity contribution is 6.24. The number of hydrogen-bond donors (Lipinski definition) is 7. The van der Waals surface area contributed by atoms with Crippen LogP contribution in [0.25, 0.3) is 5.76 Å². The van der Waals surface area contributed by atoms with E-state index >= 15 is 4.39 Å². The molecule has 14 heteroatoms. The summed E-state index contributed by atoms with van der Waals surface area (Å²) in [5.74, 6) is -9.84. The van der Waals surface area contributed by atoms with Gasteiger partial charge in [0.05, 0.1) is 29.4 Å². The fourth-order valence-corrected chi connectivity index (χ4v) is 7.41. The minimum absolute atomic E-state index is 0.0493. The standard InChI is InChI=1S/C27H29FN4O9/c1-31(2)19-12-4-8-3-10-15(20(34)14(8)23(37)27(12,41)24(38)16(22(19)36)25(29)39)21(35)18-11(17(10)28)7-32-6-9(33)5-13(32)26(40)30-18/h8-9,12-13,19,33-35,38,41H,3-7H2,1-2H3,(H2,29,39)(H,30,40)/t8-,9+,12-,13-,19-,27-/m0/s1. The maximum atomic E-state index is 16.2. The molecule has 5 aliphatic rings. The van der Waals surface area contributed by atoms with Gasteiger partial charge in [0, 0.05) is 35.7 Å². The summed E-state index contributed by atoms with van der Waals surface area (Å²) in [6.45, 7) is 0.00328. The number of rotatable bonds is 2. The lowest BCUT2D eigenvalue weighted by molar-refractivity contribution is -0.153. The number of fused-ring (bicyclic) bond motifs is 5. The van der Waals surface area contributed by atoms with Gasteiger partial charge in [0.15, 0.2) is 17.1 Å². The van der Waals surface area contributed by atoms with Gasteiger partial charge in [-0.05, 0) is 39.3 Å². The van der Waals surface area contributed by atoms with Crippen LogP contribution < -0.4 is 11.1 Å². The minimum atomic E-state index is -2.82. The van der Waals surface area contributed by atoms with Crippen molar-refractivity contribution < 1.29 is 49.1 Å². The summed E-state index contributed by atoms with van der Waals surface area (Å²) in [6.07, 6.45) is -1.07. The van der Waals surface area contributed by atoms with Gasteiger partial charge in [-0.2, -0.15) is 0 Å². The molecule has 3 aliphatic carbocycles. The number of nitrogens with one attached hydrogen (secondary N) is 1. The zero-order valence-corrected chi connectivity index (χ0v) is 22.1. The van der Waals surface area contributed by atoms with Crippen LogP contribution in [0, 0.1) is 17.7 Å². The Bertz CT molecular complexity index is 1530. The highest BCUT2D eigenvalue weighted by Gasteiger charge is 2.64. The largest absolute Gasteiger partial charge is 0.508 e. The summed E-state index contributed by atoms with van der Waals surface area (Å²) < 4.78 is 16.2. The predicted octanol–water partition coefficient (Wildman–Crippen LogP) is -1.01. The van der Waals surface area contributed by atoms with E-state index in [-0.39, 0.29) is 49.2 Å². The molecule has 0 spiro atoms. The molecule has 1 saturated heterocycles. The number of aliphatic hydroxyl groups is 4. The van der Waals surface area contributed by atoms with Gasteiger partial charge in [0.25, 0.3) is 5.91 Å². The summed E-state index contributed by atoms with van der Waals surface area (Å²) >= 11 is 0. The Morgan fingerprint density at radius 1 is 1.15 bits per heavy atom. The molecule has 0 bridgehead atoms. The number of halogens is 1. The number of Topliss-reactive ketones (excluding diaryl/α,β-unsaturated/α-hetero) is 2. The normalized spacial score (nSPS) is 33.1. The lowest BCUT2D eigenvalue weighted by atomic mass is 9.57. The number of carbonyl (C=O) groups excluding carboxylic acids is 4. The van der Waals surface area contributed by atoms with Crippen LogP contribution in [0.2, 0.25) is 0 Å². The third kappa shape index (κ3) is 3.47. The first kappa shape index (κ1) is 27.3. The molecule has 0 aromatic heterocycles. The Hall–Kier alpha value is -3.85. The average Bonchev–Trinajstić information content (AvgIpc) is 3.19. The first-order chi connectivity index (χ1) is 19.2. The minimum Gasteiger partial charge on any atom is -0.508 e. The summed E-state index contributed by atoms with van der Waals surface area (Å²) in [5.41, 5.74) is 0.250. The maximum absolute atomic E-state index is 16.2. The molecule has 2 aliphatic heterocycles. The van der Waals surface area contributed by atoms with E-state index in [9.17, 15) is 44.7 Å². The summed E-state index contributed by atoms with van der Waals surface area (Å²) in [5, 5.41) is 57.7. The molecule has 0 radical (unpaired) electrons. The van der Waals surface area contributed by atoms with Gasteiger partial charge in [-0.3, -0.25) is 29.0 Å². The van der Waals surface area contributed by atoms with Crippen molar-refractivity contribution in [3.05, 3.63) is 39.4 Å². The first-order valence-electron chi connectivity index (χ1n) is 13.1. The molecule has 8 N–H and O–H groups in total. The van der Waals surface area contributed by atoms with Crippen LogP contribution in [0.15, 0.2) is 16.9 Å². The van der Waals surface area contributed by atoms with Gasteiger partial charge < -0.3 is 36.6 Å². The lowest BCUT2D eigenvalue weighted by Crippen LogP contribution is -2.65. The van der Waals surface area contributed by atoms with Crippen molar-refractivity contribution in [3.8, 4) is 5.75 Å². The highest BCUT2D eigenvalue weighted by atomic mass is 19.1. The molecule has 2 amide bonds. The molecule has 1 aromatic carbocycles. The Morgan fingerprint density at radius 3 is 2.46 bits per heavy atom. The van der Waals surface area contributed by atoms with E-state index in [1.54, 1.807) is 4.90 Å². The van der Waals surface area contributed by atoms with Gasteiger partial charge in [-0.1, -0.05) is 0 Å². The molecule has 1 saturated carbocycles. The summed E-state index contributed by atoms with van der Waals surface area (Å²) in [6, 6.07) is -2.03. The molecule has 2 fully saturated rings. The molecule has 2 heterocycles. The lowest BCUT2D eigenvalue weighted by Gasteiger charge is -2.50. The molecule has 13 nitrogen and oxygen atoms in total. The molecule has 0 unspecified atom stereocenters. The smallest absolute Gasteiger partial charge is 0.255 e. The molecule has 41 heavy (non-hydrogen) atoms. The monoisotopic (exact) mass is 572 g/mol. The topological polar surface area (TPSA) is 214 Å². The number of carbonyl (C=O) groups is 4. The summed E-state index contributed by atoms with van der Waals surface area (Å²) in [7, 11) is 2.97. The fraction of sp³-hybridized carbons (Fsp3) is 0.481. The van der Waals surface area contributed by atoms with E-state index in [0.717, 1.165) is 0 Å². The third-order valence-electron chi connectivity index (χ3n) is 9.21. The van der Waals surface area contributed by atoms with Crippen molar-refractivity contribution >= 4 is 34.8 Å². The molecule has 1 aromatic rings. The quantitative estimate of drug-likeness (QED) is 0.168. The number of phenols is 1.